The van der Waals surface area contributed by atoms with Crippen LogP contribution in [0.3, 0.4) is 0 Å². The summed E-state index contributed by atoms with van der Waals surface area (Å²) in [6, 6.07) is 0. The molecule has 0 radical (unpaired) electrons. The molecular weight excluding hydrogens is 182 g/mol. The molecule has 1 aliphatic rings. The van der Waals surface area contributed by atoms with Gasteiger partial charge in [0.2, 0.25) is 0 Å². The molecule has 0 saturated heterocycles. The zero-order valence-electron chi connectivity index (χ0n) is 7.86. The molecule has 1 fully saturated rings. The molecule has 3 heteroatoms. The molecule has 1 saturated carbocycles. The number of aryl methyl sites for hydroxylation is 1. The molecule has 0 aliphatic heterocycles. The van der Waals surface area contributed by atoms with Crippen LogP contribution in [0.4, 0.5) is 0 Å². The van der Waals surface area contributed by atoms with Crippen molar-refractivity contribution in [1.29, 1.82) is 0 Å². The number of aliphatic hydroxyl groups excluding tert-OH is 1. The molecule has 1 aliphatic carbocycles. The Labute approximate surface area is 82.6 Å². The second-order valence-corrected chi connectivity index (χ2v) is 5.08. The molecule has 0 bridgehead atoms. The highest BCUT2D eigenvalue weighted by atomic mass is 32.1. The van der Waals surface area contributed by atoms with Crippen LogP contribution in [0.2, 0.25) is 0 Å². The maximum Gasteiger partial charge on any atom is 0.0898 e. The van der Waals surface area contributed by atoms with Gasteiger partial charge in [0.15, 0.2) is 0 Å². The van der Waals surface area contributed by atoms with Gasteiger partial charge < -0.3 is 5.11 Å². The smallest absolute Gasteiger partial charge is 0.0898 e. The van der Waals surface area contributed by atoms with Crippen LogP contribution >= 0.6 is 11.3 Å². The second-order valence-electron chi connectivity index (χ2n) is 3.82. The minimum absolute atomic E-state index is 0.271. The highest BCUT2D eigenvalue weighted by molar-refractivity contribution is 7.11. The number of aromatic nitrogens is 1. The normalized spacial score (nSPS) is 18.9. The van der Waals surface area contributed by atoms with Gasteiger partial charge in [-0.15, -0.1) is 11.3 Å². The van der Waals surface area contributed by atoms with Crippen molar-refractivity contribution in [3.63, 3.8) is 0 Å². The quantitative estimate of drug-likeness (QED) is 0.805. The summed E-state index contributed by atoms with van der Waals surface area (Å²) in [4.78, 5) is 5.17. The number of hydrogen-bond acceptors (Lipinski definition) is 3. The van der Waals surface area contributed by atoms with Gasteiger partial charge >= 0.3 is 0 Å². The van der Waals surface area contributed by atoms with Crippen LogP contribution in [0.5, 0.6) is 0 Å². The Morgan fingerprint density at radius 3 is 3.00 bits per heavy atom. The van der Waals surface area contributed by atoms with Crippen molar-refractivity contribution in [2.24, 2.45) is 5.92 Å². The lowest BCUT2D eigenvalue weighted by Gasteiger charge is -2.05. The Balaban J connectivity index is 1.84. The predicted molar refractivity (Wildman–Crippen MR) is 53.8 cm³/mol. The zero-order chi connectivity index (χ0) is 9.26. The van der Waals surface area contributed by atoms with E-state index in [9.17, 15) is 5.11 Å². The maximum atomic E-state index is 9.78. The summed E-state index contributed by atoms with van der Waals surface area (Å²) >= 11 is 1.61. The van der Waals surface area contributed by atoms with Crippen molar-refractivity contribution in [2.75, 3.05) is 0 Å². The first-order valence-electron chi connectivity index (χ1n) is 4.86. The van der Waals surface area contributed by atoms with E-state index in [1.54, 1.807) is 17.5 Å². The molecule has 0 amide bonds. The molecule has 0 aromatic carbocycles. The topological polar surface area (TPSA) is 33.1 Å². The molecule has 1 atom stereocenters. The number of thiazole rings is 1. The van der Waals surface area contributed by atoms with E-state index in [0.29, 0.717) is 0 Å². The molecule has 2 rings (SSSR count). The first kappa shape index (κ1) is 9.16. The second kappa shape index (κ2) is 3.76. The van der Waals surface area contributed by atoms with Crippen LogP contribution in [0.1, 0.15) is 41.7 Å². The van der Waals surface area contributed by atoms with Crippen molar-refractivity contribution in [2.45, 2.75) is 38.7 Å². The molecule has 1 unspecified atom stereocenters. The average Bonchev–Trinajstić information content (AvgIpc) is 2.84. The van der Waals surface area contributed by atoms with Crippen LogP contribution in [-0.4, -0.2) is 10.1 Å². The molecule has 0 spiro atoms. The first-order chi connectivity index (χ1) is 6.25. The largest absolute Gasteiger partial charge is 0.388 e. The lowest BCUT2D eigenvalue weighted by Crippen LogP contribution is -1.94. The summed E-state index contributed by atoms with van der Waals surface area (Å²) in [5.41, 5.74) is 0. The fourth-order valence-corrected chi connectivity index (χ4v) is 2.28. The fourth-order valence-electron chi connectivity index (χ4n) is 1.47. The van der Waals surface area contributed by atoms with E-state index < -0.39 is 0 Å². The van der Waals surface area contributed by atoms with Gasteiger partial charge in [0.05, 0.1) is 16.0 Å². The SMILES string of the molecule is Cc1ncc(C(O)CCC2CC2)s1. The molecule has 13 heavy (non-hydrogen) atoms. The molecule has 1 aromatic rings. The Hall–Kier alpha value is -0.410. The van der Waals surface area contributed by atoms with Gasteiger partial charge in [-0.3, -0.25) is 0 Å². The van der Waals surface area contributed by atoms with Gasteiger partial charge in [-0.25, -0.2) is 4.98 Å². The number of hydrogen-bond donors (Lipinski definition) is 1. The number of nitrogens with zero attached hydrogens (tertiary/aromatic N) is 1. The summed E-state index contributed by atoms with van der Waals surface area (Å²) in [5, 5.41) is 10.8. The summed E-state index contributed by atoms with van der Waals surface area (Å²) in [6.07, 6.45) is 6.36. The molecule has 1 heterocycles. The van der Waals surface area contributed by atoms with Crippen molar-refractivity contribution < 1.29 is 5.11 Å². The van der Waals surface area contributed by atoms with E-state index in [4.69, 9.17) is 0 Å². The number of aliphatic hydroxyl groups is 1. The van der Waals surface area contributed by atoms with Crippen molar-refractivity contribution in [1.82, 2.24) is 4.98 Å². The molecular formula is C10H15NOS. The summed E-state index contributed by atoms with van der Waals surface area (Å²) in [5.74, 6) is 0.906. The van der Waals surface area contributed by atoms with E-state index in [1.807, 2.05) is 6.92 Å². The molecule has 1 aromatic heterocycles. The molecule has 1 N–H and O–H groups in total. The van der Waals surface area contributed by atoms with Gasteiger partial charge in [-0.1, -0.05) is 12.8 Å². The number of rotatable bonds is 4. The van der Waals surface area contributed by atoms with Crippen molar-refractivity contribution >= 4 is 11.3 Å². The van der Waals surface area contributed by atoms with E-state index in [2.05, 4.69) is 4.98 Å². The molecule has 72 valence electrons. The van der Waals surface area contributed by atoms with E-state index >= 15 is 0 Å². The first-order valence-corrected chi connectivity index (χ1v) is 5.68. The maximum absolute atomic E-state index is 9.78. The van der Waals surface area contributed by atoms with E-state index in [-0.39, 0.29) is 6.10 Å². The average molecular weight is 197 g/mol. The summed E-state index contributed by atoms with van der Waals surface area (Å²) in [7, 11) is 0. The van der Waals surface area contributed by atoms with E-state index in [0.717, 1.165) is 22.2 Å². The van der Waals surface area contributed by atoms with Gasteiger partial charge in [-0.2, -0.15) is 0 Å². The van der Waals surface area contributed by atoms with Gasteiger partial charge in [-0.05, 0) is 25.7 Å². The van der Waals surface area contributed by atoms with Crippen LogP contribution in [-0.2, 0) is 0 Å². The minimum Gasteiger partial charge on any atom is -0.388 e. The van der Waals surface area contributed by atoms with Crippen molar-refractivity contribution in [3.05, 3.63) is 16.1 Å². The van der Waals surface area contributed by atoms with Gasteiger partial charge in [0.1, 0.15) is 0 Å². The van der Waals surface area contributed by atoms with Gasteiger partial charge in [0, 0.05) is 6.20 Å². The lowest BCUT2D eigenvalue weighted by molar-refractivity contribution is 0.166. The standard InChI is InChI=1S/C10H15NOS/c1-7-11-6-10(13-7)9(12)5-4-8-2-3-8/h6,8-9,12H,2-5H2,1H3. The van der Waals surface area contributed by atoms with Crippen LogP contribution in [0.15, 0.2) is 6.20 Å². The van der Waals surface area contributed by atoms with Crippen molar-refractivity contribution in [3.8, 4) is 0 Å². The monoisotopic (exact) mass is 197 g/mol. The lowest BCUT2D eigenvalue weighted by atomic mass is 10.1. The minimum atomic E-state index is -0.271. The van der Waals surface area contributed by atoms with Crippen LogP contribution in [0.25, 0.3) is 0 Å². The van der Waals surface area contributed by atoms with Gasteiger partial charge in [0.25, 0.3) is 0 Å². The third kappa shape index (κ3) is 2.51. The van der Waals surface area contributed by atoms with Crippen LogP contribution in [0, 0.1) is 12.8 Å². The Morgan fingerprint density at radius 2 is 2.46 bits per heavy atom. The highest BCUT2D eigenvalue weighted by Gasteiger charge is 2.22. The van der Waals surface area contributed by atoms with E-state index in [1.165, 1.54) is 19.3 Å². The third-order valence-electron chi connectivity index (χ3n) is 2.51. The Kier molecular flexibility index (Phi) is 2.65. The fraction of sp³-hybridized carbons (Fsp3) is 0.700. The third-order valence-corrected chi connectivity index (χ3v) is 3.53. The summed E-state index contributed by atoms with van der Waals surface area (Å²) < 4.78 is 0. The molecule has 2 nitrogen and oxygen atoms in total. The highest BCUT2D eigenvalue weighted by Crippen LogP contribution is 2.36. The Bertz CT molecular complexity index is 280. The zero-order valence-corrected chi connectivity index (χ0v) is 8.68. The summed E-state index contributed by atoms with van der Waals surface area (Å²) in [6.45, 7) is 1.97. The predicted octanol–water partition coefficient (Wildman–Crippen LogP) is 2.68. The Morgan fingerprint density at radius 1 is 1.69 bits per heavy atom. The van der Waals surface area contributed by atoms with Crippen LogP contribution < -0.4 is 0 Å².